The van der Waals surface area contributed by atoms with Gasteiger partial charge in [-0.1, -0.05) is 40.0 Å². The van der Waals surface area contributed by atoms with Gasteiger partial charge in [-0.3, -0.25) is 0 Å². The monoisotopic (exact) mass is 183 g/mol. The van der Waals surface area contributed by atoms with Gasteiger partial charge < -0.3 is 5.32 Å². The molecular weight excluding hydrogens is 158 g/mol. The van der Waals surface area contributed by atoms with Crippen molar-refractivity contribution in [3.8, 4) is 0 Å². The van der Waals surface area contributed by atoms with Gasteiger partial charge in [0.05, 0.1) is 0 Å². The van der Waals surface area contributed by atoms with E-state index in [-0.39, 0.29) is 0 Å². The third-order valence-electron chi connectivity index (χ3n) is 3.40. The molecule has 78 valence electrons. The molecular formula is C12H25N. The van der Waals surface area contributed by atoms with E-state index in [1.54, 1.807) is 0 Å². The Kier molecular flexibility index (Phi) is 4.24. The van der Waals surface area contributed by atoms with Gasteiger partial charge in [-0.25, -0.2) is 0 Å². The Morgan fingerprint density at radius 3 is 2.31 bits per heavy atom. The number of rotatable bonds is 7. The van der Waals surface area contributed by atoms with Crippen LogP contribution in [-0.4, -0.2) is 12.1 Å². The smallest absolute Gasteiger partial charge is 0.0205 e. The highest BCUT2D eigenvalue weighted by atomic mass is 15.0. The van der Waals surface area contributed by atoms with Crippen LogP contribution in [0.2, 0.25) is 0 Å². The Balaban J connectivity index is 1.99. The highest BCUT2D eigenvalue weighted by molar-refractivity contribution is 5.03. The topological polar surface area (TPSA) is 12.0 Å². The van der Waals surface area contributed by atoms with E-state index in [1.807, 2.05) is 0 Å². The molecule has 1 aliphatic carbocycles. The molecule has 0 aromatic heterocycles. The second-order valence-corrected chi connectivity index (χ2v) is 4.80. The first-order chi connectivity index (χ1) is 6.21. The van der Waals surface area contributed by atoms with Crippen LogP contribution in [0, 0.1) is 5.92 Å². The minimum atomic E-state index is 0.548. The molecule has 0 bridgehead atoms. The van der Waals surface area contributed by atoms with Crippen molar-refractivity contribution in [3.05, 3.63) is 0 Å². The van der Waals surface area contributed by atoms with E-state index in [4.69, 9.17) is 0 Å². The van der Waals surface area contributed by atoms with Crippen LogP contribution in [0.25, 0.3) is 0 Å². The van der Waals surface area contributed by atoms with Crippen molar-refractivity contribution in [3.63, 3.8) is 0 Å². The lowest BCUT2D eigenvalue weighted by Crippen LogP contribution is -2.36. The molecule has 1 aliphatic rings. The predicted molar refractivity (Wildman–Crippen MR) is 58.9 cm³/mol. The molecule has 1 fully saturated rings. The van der Waals surface area contributed by atoms with E-state index < -0.39 is 0 Å². The number of hydrogen-bond donors (Lipinski definition) is 1. The van der Waals surface area contributed by atoms with Gasteiger partial charge in [-0.2, -0.15) is 0 Å². The minimum Gasteiger partial charge on any atom is -0.311 e. The largest absolute Gasteiger partial charge is 0.311 e. The second-order valence-electron chi connectivity index (χ2n) is 4.80. The van der Waals surface area contributed by atoms with E-state index in [1.165, 1.54) is 45.1 Å². The zero-order valence-corrected chi connectivity index (χ0v) is 9.53. The molecule has 1 rings (SSSR count). The van der Waals surface area contributed by atoms with Gasteiger partial charge in [-0.15, -0.1) is 0 Å². The van der Waals surface area contributed by atoms with Crippen LogP contribution in [-0.2, 0) is 0 Å². The van der Waals surface area contributed by atoms with Crippen LogP contribution in [0.4, 0.5) is 0 Å². The molecule has 0 heterocycles. The lowest BCUT2D eigenvalue weighted by Gasteiger charge is -2.21. The van der Waals surface area contributed by atoms with Crippen LogP contribution in [0.1, 0.15) is 59.3 Å². The van der Waals surface area contributed by atoms with Gasteiger partial charge in [0.15, 0.2) is 0 Å². The summed E-state index contributed by atoms with van der Waals surface area (Å²) in [5.41, 5.74) is 0.548. The molecule has 1 saturated carbocycles. The molecule has 1 heteroatoms. The summed E-state index contributed by atoms with van der Waals surface area (Å²) in [6.07, 6.45) is 8.31. The lowest BCUT2D eigenvalue weighted by molar-refractivity contribution is 0.374. The molecule has 0 spiro atoms. The van der Waals surface area contributed by atoms with Crippen molar-refractivity contribution in [2.45, 2.75) is 64.8 Å². The van der Waals surface area contributed by atoms with E-state index in [0.29, 0.717) is 5.54 Å². The fourth-order valence-corrected chi connectivity index (χ4v) is 1.98. The summed E-state index contributed by atoms with van der Waals surface area (Å²) in [5.74, 6) is 0.818. The van der Waals surface area contributed by atoms with E-state index >= 15 is 0 Å². The molecule has 0 aromatic carbocycles. The van der Waals surface area contributed by atoms with Crippen LogP contribution < -0.4 is 5.32 Å². The van der Waals surface area contributed by atoms with Gasteiger partial charge in [0.2, 0.25) is 0 Å². The minimum absolute atomic E-state index is 0.548. The predicted octanol–water partition coefficient (Wildman–Crippen LogP) is 3.34. The normalized spacial score (nSPS) is 19.4. The maximum Gasteiger partial charge on any atom is 0.0205 e. The van der Waals surface area contributed by atoms with Gasteiger partial charge >= 0.3 is 0 Å². The number of nitrogens with one attached hydrogen (secondary N) is 1. The van der Waals surface area contributed by atoms with Crippen molar-refractivity contribution >= 4 is 0 Å². The fraction of sp³-hybridized carbons (Fsp3) is 1.00. The quantitative estimate of drug-likeness (QED) is 0.597. The van der Waals surface area contributed by atoms with Gasteiger partial charge in [0.1, 0.15) is 0 Å². The van der Waals surface area contributed by atoms with E-state index in [2.05, 4.69) is 26.1 Å². The Morgan fingerprint density at radius 1 is 1.15 bits per heavy atom. The lowest BCUT2D eigenvalue weighted by atomic mass is 10.0. The summed E-state index contributed by atoms with van der Waals surface area (Å²) in [7, 11) is 0. The summed E-state index contributed by atoms with van der Waals surface area (Å²) in [6.45, 7) is 8.18. The fourth-order valence-electron chi connectivity index (χ4n) is 1.98. The summed E-state index contributed by atoms with van der Waals surface area (Å²) < 4.78 is 0. The molecule has 0 aliphatic heterocycles. The first kappa shape index (κ1) is 11.0. The molecule has 0 aromatic rings. The maximum atomic E-state index is 3.73. The Morgan fingerprint density at radius 2 is 1.85 bits per heavy atom. The summed E-state index contributed by atoms with van der Waals surface area (Å²) in [4.78, 5) is 0. The molecule has 0 saturated heterocycles. The molecule has 0 unspecified atom stereocenters. The average Bonchev–Trinajstić information content (AvgIpc) is 2.85. The van der Waals surface area contributed by atoms with Crippen LogP contribution in [0.3, 0.4) is 0 Å². The third kappa shape index (κ3) is 3.30. The SMILES string of the molecule is CCCCCCNC1(C(C)C)CC1. The van der Waals surface area contributed by atoms with E-state index in [0.717, 1.165) is 5.92 Å². The first-order valence-corrected chi connectivity index (χ1v) is 5.96. The van der Waals surface area contributed by atoms with Gasteiger partial charge in [-0.05, 0) is 31.7 Å². The average molecular weight is 183 g/mol. The zero-order valence-electron chi connectivity index (χ0n) is 9.53. The number of hydrogen-bond acceptors (Lipinski definition) is 1. The van der Waals surface area contributed by atoms with Crippen molar-refractivity contribution < 1.29 is 0 Å². The Labute approximate surface area is 83.3 Å². The van der Waals surface area contributed by atoms with Crippen LogP contribution in [0.15, 0.2) is 0 Å². The molecule has 0 amide bonds. The molecule has 13 heavy (non-hydrogen) atoms. The van der Waals surface area contributed by atoms with Gasteiger partial charge in [0, 0.05) is 5.54 Å². The summed E-state index contributed by atoms with van der Waals surface area (Å²) in [5, 5.41) is 3.73. The molecule has 1 nitrogen and oxygen atoms in total. The summed E-state index contributed by atoms with van der Waals surface area (Å²) >= 11 is 0. The standard InChI is InChI=1S/C12H25N/c1-4-5-6-7-10-13-12(8-9-12)11(2)3/h11,13H,4-10H2,1-3H3. The third-order valence-corrected chi connectivity index (χ3v) is 3.40. The molecule has 0 radical (unpaired) electrons. The second kappa shape index (κ2) is 4.99. The maximum absolute atomic E-state index is 3.73. The highest BCUT2D eigenvalue weighted by Crippen LogP contribution is 2.41. The van der Waals surface area contributed by atoms with Crippen LogP contribution >= 0.6 is 0 Å². The van der Waals surface area contributed by atoms with Gasteiger partial charge in [0.25, 0.3) is 0 Å². The van der Waals surface area contributed by atoms with Crippen LogP contribution in [0.5, 0.6) is 0 Å². The van der Waals surface area contributed by atoms with Crippen molar-refractivity contribution in [2.75, 3.05) is 6.54 Å². The highest BCUT2D eigenvalue weighted by Gasteiger charge is 2.44. The van der Waals surface area contributed by atoms with E-state index in [9.17, 15) is 0 Å². The van der Waals surface area contributed by atoms with Crippen molar-refractivity contribution in [2.24, 2.45) is 5.92 Å². The Hall–Kier alpha value is -0.0400. The molecule has 0 atom stereocenters. The Bertz CT molecular complexity index is 136. The number of unbranched alkanes of at least 4 members (excludes halogenated alkanes) is 3. The van der Waals surface area contributed by atoms with Crippen molar-refractivity contribution in [1.82, 2.24) is 5.32 Å². The zero-order chi connectivity index (χ0) is 9.73. The molecule has 1 N–H and O–H groups in total. The summed E-state index contributed by atoms with van der Waals surface area (Å²) in [6, 6.07) is 0. The van der Waals surface area contributed by atoms with Crippen molar-refractivity contribution in [1.29, 1.82) is 0 Å². The first-order valence-electron chi connectivity index (χ1n) is 5.96.